The van der Waals surface area contributed by atoms with Crippen molar-refractivity contribution in [3.8, 4) is 11.5 Å². The molecule has 1 saturated heterocycles. The van der Waals surface area contributed by atoms with Crippen LogP contribution in [-0.2, 0) is 16.1 Å². The highest BCUT2D eigenvalue weighted by Crippen LogP contribution is 2.58. The minimum absolute atomic E-state index is 0.176. The van der Waals surface area contributed by atoms with Gasteiger partial charge in [-0.25, -0.2) is 4.85 Å². The molecule has 234 valence electrons. The second-order valence-electron chi connectivity index (χ2n) is 12.3. The van der Waals surface area contributed by atoms with Crippen molar-refractivity contribution in [1.29, 1.82) is 0 Å². The summed E-state index contributed by atoms with van der Waals surface area (Å²) in [7, 11) is 1.71. The fourth-order valence-corrected chi connectivity index (χ4v) is 8.02. The number of hydrogen-bond donors (Lipinski definition) is 4. The van der Waals surface area contributed by atoms with E-state index < -0.39 is 37.3 Å². The lowest BCUT2D eigenvalue weighted by Crippen LogP contribution is -2.60. The molecule has 0 aromatic heterocycles. The van der Waals surface area contributed by atoms with Gasteiger partial charge in [0.05, 0.1) is 25.3 Å². The van der Waals surface area contributed by atoms with E-state index in [9.17, 15) is 20.4 Å². The first-order valence-corrected chi connectivity index (χ1v) is 15.5. The van der Waals surface area contributed by atoms with Gasteiger partial charge in [0.15, 0.2) is 6.20 Å². The molecule has 1 aliphatic heterocycles. The van der Waals surface area contributed by atoms with Crippen LogP contribution >= 0.6 is 11.6 Å². The molecule has 7 rings (SSSR count). The van der Waals surface area contributed by atoms with Crippen molar-refractivity contribution in [1.82, 2.24) is 0 Å². The number of rotatable bonds is 9. The predicted molar refractivity (Wildman–Crippen MR) is 163 cm³/mol. The number of allylic oxidation sites excluding steroid dienone is 1. The molecule has 10 heteroatoms. The number of benzene rings is 2. The Hall–Kier alpha value is -3.10. The van der Waals surface area contributed by atoms with Crippen molar-refractivity contribution in [2.24, 2.45) is 23.7 Å². The first-order chi connectivity index (χ1) is 21.3. The van der Waals surface area contributed by atoms with Crippen LogP contribution in [0.25, 0.3) is 16.7 Å². The number of methoxy groups -OCH3 is 1. The van der Waals surface area contributed by atoms with E-state index in [0.717, 1.165) is 28.7 Å². The lowest BCUT2D eigenvalue weighted by atomic mass is 9.54. The van der Waals surface area contributed by atoms with Gasteiger partial charge in [-0.3, -0.25) is 0 Å². The topological polar surface area (TPSA) is 122 Å². The normalized spacial score (nSPS) is 32.5. The molecule has 2 aromatic carbocycles. The molecule has 5 aliphatic rings. The minimum atomic E-state index is -1.53. The fourth-order valence-electron chi connectivity index (χ4n) is 7.71. The largest absolute Gasteiger partial charge is 0.496 e. The molecule has 0 amide bonds. The van der Waals surface area contributed by atoms with E-state index in [1.807, 2.05) is 12.1 Å². The average Bonchev–Trinajstić information content (AvgIpc) is 3.02. The van der Waals surface area contributed by atoms with Gasteiger partial charge >= 0.3 is 0 Å². The molecule has 4 saturated carbocycles. The molecule has 1 heterocycles. The van der Waals surface area contributed by atoms with E-state index >= 15 is 0 Å². The van der Waals surface area contributed by atoms with Crippen molar-refractivity contribution in [3.05, 3.63) is 81.3 Å². The Balaban J connectivity index is 1.21. The SMILES string of the molecule is [C-]#[N+]/C=C/c1ccc(C(OC)=C2C3CC4CC(C3)CC2C4)c(Cl)c1OCc1ccc(O[C@@H]2OC(CO)[C@H](O)[C@H](O)C2O)cc1. The summed E-state index contributed by atoms with van der Waals surface area (Å²) in [6, 6.07) is 10.8. The van der Waals surface area contributed by atoms with Crippen LogP contribution in [0.5, 0.6) is 11.5 Å². The lowest BCUT2D eigenvalue weighted by molar-refractivity contribution is -0.277. The van der Waals surface area contributed by atoms with Crippen LogP contribution in [0.3, 0.4) is 0 Å². The number of nitrogens with zero attached hydrogens (tertiary/aromatic N) is 1. The van der Waals surface area contributed by atoms with E-state index in [2.05, 4.69) is 4.85 Å². The Morgan fingerprint density at radius 1 is 0.977 bits per heavy atom. The third-order valence-electron chi connectivity index (χ3n) is 9.59. The van der Waals surface area contributed by atoms with Gasteiger partial charge in [0.25, 0.3) is 0 Å². The molecule has 5 fully saturated rings. The second kappa shape index (κ2) is 13.1. The monoisotopic (exact) mass is 623 g/mol. The summed E-state index contributed by atoms with van der Waals surface area (Å²) in [4.78, 5) is 3.35. The molecule has 4 aliphatic carbocycles. The van der Waals surface area contributed by atoms with Gasteiger partial charge in [0, 0.05) is 11.1 Å². The summed E-state index contributed by atoms with van der Waals surface area (Å²) in [6.07, 6.45) is 2.48. The molecule has 4 N–H and O–H groups in total. The lowest BCUT2D eigenvalue weighted by Gasteiger charge is -2.51. The van der Waals surface area contributed by atoms with Crippen LogP contribution in [0.4, 0.5) is 0 Å². The number of hydrogen-bond acceptors (Lipinski definition) is 8. The first kappa shape index (κ1) is 30.9. The van der Waals surface area contributed by atoms with Crippen molar-refractivity contribution >= 4 is 23.4 Å². The molecule has 2 aromatic rings. The average molecular weight is 624 g/mol. The summed E-state index contributed by atoms with van der Waals surface area (Å²) in [6.45, 7) is 6.85. The summed E-state index contributed by atoms with van der Waals surface area (Å²) in [5.41, 5.74) is 3.68. The summed E-state index contributed by atoms with van der Waals surface area (Å²) in [5, 5.41) is 40.2. The van der Waals surface area contributed by atoms with Crippen molar-refractivity contribution < 1.29 is 39.4 Å². The Bertz CT molecular complexity index is 1420. The van der Waals surface area contributed by atoms with Gasteiger partial charge in [-0.05, 0) is 85.1 Å². The molecule has 9 nitrogen and oxygen atoms in total. The Kier molecular flexibility index (Phi) is 9.20. The van der Waals surface area contributed by atoms with E-state index in [1.165, 1.54) is 43.9 Å². The van der Waals surface area contributed by atoms with Crippen LogP contribution in [-0.4, -0.2) is 64.8 Å². The fraction of sp³-hybridized carbons (Fsp3) is 0.500. The molecule has 4 bridgehead atoms. The van der Waals surface area contributed by atoms with Gasteiger partial charge in [0.1, 0.15) is 48.3 Å². The highest BCUT2D eigenvalue weighted by Gasteiger charge is 2.47. The molecule has 0 radical (unpaired) electrons. The zero-order valence-electron chi connectivity index (χ0n) is 24.5. The van der Waals surface area contributed by atoms with Gasteiger partial charge in [-0.15, -0.1) is 0 Å². The van der Waals surface area contributed by atoms with E-state index in [1.54, 1.807) is 37.5 Å². The van der Waals surface area contributed by atoms with E-state index in [0.29, 0.717) is 33.9 Å². The van der Waals surface area contributed by atoms with Gasteiger partial charge in [0.2, 0.25) is 6.29 Å². The summed E-state index contributed by atoms with van der Waals surface area (Å²) < 4.78 is 23.5. The van der Waals surface area contributed by atoms with Crippen molar-refractivity contribution in [2.75, 3.05) is 13.7 Å². The van der Waals surface area contributed by atoms with Gasteiger partial charge in [-0.1, -0.05) is 35.9 Å². The van der Waals surface area contributed by atoms with E-state index in [4.69, 9.17) is 37.1 Å². The Morgan fingerprint density at radius 3 is 2.27 bits per heavy atom. The zero-order valence-corrected chi connectivity index (χ0v) is 25.3. The van der Waals surface area contributed by atoms with E-state index in [-0.39, 0.29) is 6.61 Å². The van der Waals surface area contributed by atoms with Gasteiger partial charge in [-0.2, -0.15) is 0 Å². The van der Waals surface area contributed by atoms with Crippen LogP contribution in [0.15, 0.2) is 48.2 Å². The highest BCUT2D eigenvalue weighted by atomic mass is 35.5. The predicted octanol–water partition coefficient (Wildman–Crippen LogP) is 4.80. The minimum Gasteiger partial charge on any atom is -0.496 e. The molecule has 2 unspecified atom stereocenters. The van der Waals surface area contributed by atoms with Crippen molar-refractivity contribution in [3.63, 3.8) is 0 Å². The maximum Gasteiger partial charge on any atom is 0.229 e. The van der Waals surface area contributed by atoms with Crippen LogP contribution in [0.1, 0.15) is 48.8 Å². The van der Waals surface area contributed by atoms with Crippen LogP contribution < -0.4 is 9.47 Å². The van der Waals surface area contributed by atoms with Gasteiger partial charge < -0.3 is 39.4 Å². The highest BCUT2D eigenvalue weighted by molar-refractivity contribution is 6.34. The zero-order chi connectivity index (χ0) is 31.0. The molecule has 0 spiro atoms. The first-order valence-electron chi connectivity index (χ1n) is 15.1. The van der Waals surface area contributed by atoms with Crippen LogP contribution in [0.2, 0.25) is 5.02 Å². The molecular weight excluding hydrogens is 586 g/mol. The molecule has 5 atom stereocenters. The molecule has 44 heavy (non-hydrogen) atoms. The third-order valence-corrected chi connectivity index (χ3v) is 9.97. The third kappa shape index (κ3) is 5.95. The smallest absolute Gasteiger partial charge is 0.229 e. The maximum atomic E-state index is 10.3. The second-order valence-corrected chi connectivity index (χ2v) is 12.7. The number of aliphatic hydroxyl groups excluding tert-OH is 4. The van der Waals surface area contributed by atoms with Crippen LogP contribution in [0, 0.1) is 30.2 Å². The standard InChI is InChI=1S/C34H38ClNO8/c1-36-10-9-21-5-8-25(33(41-2)27-22-12-19-11-20(14-22)15-23(27)13-19)28(35)32(21)42-17-18-3-6-24(7-4-18)43-34-31(40)30(39)29(38)26(16-37)44-34/h3-10,19-20,22-23,26,29-31,34,37-40H,11-17H2,2H3/b10-9+,33-27?/t19?,20?,22?,23?,26?,29-,30-,31?,34+/m0/s1. The summed E-state index contributed by atoms with van der Waals surface area (Å²) >= 11 is 7.07. The Labute approximate surface area is 262 Å². The number of ether oxygens (including phenoxy) is 4. The quantitative estimate of drug-likeness (QED) is 0.232. The maximum absolute atomic E-state index is 10.3. The summed E-state index contributed by atoms with van der Waals surface area (Å²) in [5.74, 6) is 4.38. The Morgan fingerprint density at radius 2 is 1.66 bits per heavy atom. The van der Waals surface area contributed by atoms with Crippen molar-refractivity contribution in [2.45, 2.75) is 69.4 Å². The number of halogens is 1. The molecular formula is C34H38ClNO8. The number of aliphatic hydroxyl groups is 4.